The van der Waals surface area contributed by atoms with E-state index in [1.807, 2.05) is 0 Å². The number of nitrogens with two attached hydrogens (primary N) is 1. The number of rotatable bonds is 1. The normalized spacial score (nSPS) is 46.1. The fourth-order valence-corrected chi connectivity index (χ4v) is 2.32. The zero-order valence-corrected chi connectivity index (χ0v) is 6.99. The van der Waals surface area contributed by atoms with Crippen LogP contribution in [-0.2, 0) is 4.79 Å². The van der Waals surface area contributed by atoms with Crippen LogP contribution in [-0.4, -0.2) is 41.1 Å². The summed E-state index contributed by atoms with van der Waals surface area (Å²) in [5.41, 5.74) is 3.93. The second kappa shape index (κ2) is 2.44. The summed E-state index contributed by atoms with van der Waals surface area (Å²) in [7, 11) is 0. The van der Waals surface area contributed by atoms with Crippen LogP contribution in [0.4, 0.5) is 0 Å². The lowest BCUT2D eigenvalue weighted by molar-refractivity contribution is -0.158. The Morgan fingerprint density at radius 3 is 2.33 bits per heavy atom. The van der Waals surface area contributed by atoms with E-state index in [1.54, 1.807) is 0 Å². The maximum atomic E-state index is 11.0. The van der Waals surface area contributed by atoms with Crippen LogP contribution >= 0.6 is 0 Å². The molecule has 0 unspecified atom stereocenters. The Bertz CT molecular complexity index is 211. The van der Waals surface area contributed by atoms with Gasteiger partial charge in [0.05, 0.1) is 0 Å². The van der Waals surface area contributed by atoms with Crippen molar-refractivity contribution in [2.45, 2.75) is 18.4 Å². The molecule has 3 aliphatic heterocycles. The summed E-state index contributed by atoms with van der Waals surface area (Å²) in [6.07, 6.45) is 1.80. The Labute approximate surface area is 71.3 Å². The molecule has 3 fully saturated rings. The number of hydrogen-bond acceptors (Lipinski definition) is 3. The molecule has 2 bridgehead atoms. The summed E-state index contributed by atoms with van der Waals surface area (Å²) < 4.78 is 0. The Balaban J connectivity index is 2.22. The Kier molecular flexibility index (Phi) is 1.63. The molecule has 4 heteroatoms. The predicted molar refractivity (Wildman–Crippen MR) is 43.3 cm³/mol. The fourth-order valence-electron chi connectivity index (χ4n) is 2.32. The van der Waals surface area contributed by atoms with Crippen LogP contribution in [0.5, 0.6) is 0 Å². The van der Waals surface area contributed by atoms with Crippen molar-refractivity contribution in [2.75, 3.05) is 19.6 Å². The summed E-state index contributed by atoms with van der Waals surface area (Å²) in [4.78, 5) is 13.1. The molecule has 68 valence electrons. The van der Waals surface area contributed by atoms with Crippen molar-refractivity contribution in [3.8, 4) is 0 Å². The number of aliphatic hydroxyl groups is 1. The van der Waals surface area contributed by atoms with E-state index in [1.165, 1.54) is 0 Å². The molecule has 1 amide bonds. The molecular formula is C8H14N2O2. The van der Waals surface area contributed by atoms with Crippen molar-refractivity contribution in [1.82, 2.24) is 4.90 Å². The Morgan fingerprint density at radius 1 is 1.50 bits per heavy atom. The standard InChI is InChI=1S/C8H14N2O2/c9-7(11)8(12)5-10-3-1-6(8)2-4-10/h6,12H,1-5H2,(H2,9,11)/t8-/m0/s1. The first-order valence-corrected chi connectivity index (χ1v) is 4.37. The molecule has 0 aromatic heterocycles. The molecule has 0 aliphatic carbocycles. The third kappa shape index (κ3) is 0.949. The van der Waals surface area contributed by atoms with Crippen LogP contribution in [0.2, 0.25) is 0 Å². The minimum atomic E-state index is -1.24. The van der Waals surface area contributed by atoms with Crippen LogP contribution in [0.1, 0.15) is 12.8 Å². The SMILES string of the molecule is NC(=O)[C@]1(O)CN2CCC1CC2. The average Bonchev–Trinajstić information content (AvgIpc) is 2.05. The summed E-state index contributed by atoms with van der Waals surface area (Å²) in [6, 6.07) is 0. The highest BCUT2D eigenvalue weighted by Gasteiger charge is 2.49. The van der Waals surface area contributed by atoms with Gasteiger partial charge >= 0.3 is 0 Å². The number of piperidine rings is 3. The first-order chi connectivity index (χ1) is 5.63. The first kappa shape index (κ1) is 8.01. The molecule has 3 aliphatic rings. The number of carbonyl (C=O) groups is 1. The maximum Gasteiger partial charge on any atom is 0.251 e. The van der Waals surface area contributed by atoms with Crippen molar-refractivity contribution in [3.63, 3.8) is 0 Å². The van der Waals surface area contributed by atoms with Gasteiger partial charge in [-0.05, 0) is 25.9 Å². The van der Waals surface area contributed by atoms with Crippen LogP contribution < -0.4 is 5.73 Å². The fraction of sp³-hybridized carbons (Fsp3) is 0.875. The highest BCUT2D eigenvalue weighted by atomic mass is 16.3. The molecule has 0 radical (unpaired) electrons. The number of hydrogen-bond donors (Lipinski definition) is 2. The van der Waals surface area contributed by atoms with Crippen molar-refractivity contribution in [3.05, 3.63) is 0 Å². The van der Waals surface area contributed by atoms with Gasteiger partial charge in [0.2, 0.25) is 0 Å². The van der Waals surface area contributed by atoms with Gasteiger partial charge in [0, 0.05) is 12.5 Å². The van der Waals surface area contributed by atoms with E-state index >= 15 is 0 Å². The molecule has 0 spiro atoms. The van der Waals surface area contributed by atoms with Gasteiger partial charge < -0.3 is 10.8 Å². The van der Waals surface area contributed by atoms with Crippen LogP contribution in [0.25, 0.3) is 0 Å². The van der Waals surface area contributed by atoms with Gasteiger partial charge in [0.1, 0.15) is 0 Å². The van der Waals surface area contributed by atoms with Crippen LogP contribution in [0, 0.1) is 5.92 Å². The molecule has 3 heterocycles. The molecule has 3 N–H and O–H groups in total. The van der Waals surface area contributed by atoms with Crippen molar-refractivity contribution >= 4 is 5.91 Å². The van der Waals surface area contributed by atoms with Gasteiger partial charge in [-0.25, -0.2) is 0 Å². The lowest BCUT2D eigenvalue weighted by Gasteiger charge is -2.48. The van der Waals surface area contributed by atoms with Gasteiger partial charge in [-0.3, -0.25) is 9.69 Å². The molecule has 0 aromatic rings. The number of fused-ring (bicyclic) bond motifs is 3. The van der Waals surface area contributed by atoms with Crippen LogP contribution in [0.15, 0.2) is 0 Å². The topological polar surface area (TPSA) is 66.6 Å². The molecule has 0 saturated carbocycles. The van der Waals surface area contributed by atoms with E-state index in [0.717, 1.165) is 25.9 Å². The first-order valence-electron chi connectivity index (χ1n) is 4.37. The minimum Gasteiger partial charge on any atom is -0.378 e. The summed E-state index contributed by atoms with van der Waals surface area (Å²) in [5, 5.41) is 9.92. The monoisotopic (exact) mass is 170 g/mol. The van der Waals surface area contributed by atoms with E-state index in [2.05, 4.69) is 4.90 Å². The predicted octanol–water partition coefficient (Wildman–Crippen LogP) is -1.07. The Morgan fingerprint density at radius 2 is 2.08 bits per heavy atom. The minimum absolute atomic E-state index is 0.0972. The zero-order valence-electron chi connectivity index (χ0n) is 6.99. The van der Waals surface area contributed by atoms with Gasteiger partial charge in [-0.15, -0.1) is 0 Å². The molecule has 3 saturated heterocycles. The van der Waals surface area contributed by atoms with Gasteiger partial charge in [0.15, 0.2) is 5.60 Å². The van der Waals surface area contributed by atoms with E-state index in [-0.39, 0.29) is 5.92 Å². The van der Waals surface area contributed by atoms with E-state index in [4.69, 9.17) is 5.73 Å². The largest absolute Gasteiger partial charge is 0.378 e. The maximum absolute atomic E-state index is 11.0. The highest BCUT2D eigenvalue weighted by Crippen LogP contribution is 2.35. The third-order valence-corrected chi connectivity index (χ3v) is 3.15. The van der Waals surface area contributed by atoms with E-state index in [9.17, 15) is 9.90 Å². The smallest absolute Gasteiger partial charge is 0.251 e. The zero-order chi connectivity index (χ0) is 8.77. The molecule has 12 heavy (non-hydrogen) atoms. The van der Waals surface area contributed by atoms with Crippen LogP contribution in [0.3, 0.4) is 0 Å². The van der Waals surface area contributed by atoms with Gasteiger partial charge in [-0.2, -0.15) is 0 Å². The molecule has 0 aromatic carbocycles. The van der Waals surface area contributed by atoms with Crippen molar-refractivity contribution < 1.29 is 9.90 Å². The molecule has 3 rings (SSSR count). The molecular weight excluding hydrogens is 156 g/mol. The van der Waals surface area contributed by atoms with Crippen molar-refractivity contribution in [2.24, 2.45) is 11.7 Å². The second-order valence-electron chi connectivity index (χ2n) is 3.84. The van der Waals surface area contributed by atoms with Gasteiger partial charge in [-0.1, -0.05) is 0 Å². The lowest BCUT2D eigenvalue weighted by atomic mass is 9.75. The van der Waals surface area contributed by atoms with Crippen molar-refractivity contribution in [1.29, 1.82) is 0 Å². The van der Waals surface area contributed by atoms with Gasteiger partial charge in [0.25, 0.3) is 5.91 Å². The summed E-state index contributed by atoms with van der Waals surface area (Å²) in [6.45, 7) is 2.44. The molecule has 1 atom stereocenters. The quantitative estimate of drug-likeness (QED) is 0.526. The number of nitrogens with zero attached hydrogens (tertiary/aromatic N) is 1. The lowest BCUT2D eigenvalue weighted by Crippen LogP contribution is -2.64. The third-order valence-electron chi connectivity index (χ3n) is 3.15. The number of amides is 1. The number of primary amides is 1. The Hall–Kier alpha value is -0.610. The molecule has 4 nitrogen and oxygen atoms in total. The number of carbonyl (C=O) groups excluding carboxylic acids is 1. The second-order valence-corrected chi connectivity index (χ2v) is 3.84. The highest BCUT2D eigenvalue weighted by molar-refractivity contribution is 5.84. The van der Waals surface area contributed by atoms with E-state index < -0.39 is 11.5 Å². The average molecular weight is 170 g/mol. The summed E-state index contributed by atoms with van der Waals surface area (Å²) >= 11 is 0. The summed E-state index contributed by atoms with van der Waals surface area (Å²) in [5.74, 6) is -0.461. The van der Waals surface area contributed by atoms with E-state index in [0.29, 0.717) is 6.54 Å².